The third-order valence-corrected chi connectivity index (χ3v) is 8.16. The molecule has 1 fully saturated rings. The highest BCUT2D eigenvalue weighted by Crippen LogP contribution is 2.38. The van der Waals surface area contributed by atoms with E-state index in [9.17, 15) is 0 Å². The van der Waals surface area contributed by atoms with Gasteiger partial charge in [0.05, 0.1) is 21.9 Å². The first-order valence-electron chi connectivity index (χ1n) is 10.6. The van der Waals surface area contributed by atoms with E-state index in [1.165, 1.54) is 43.9 Å². The van der Waals surface area contributed by atoms with Crippen molar-refractivity contribution >= 4 is 40.8 Å². The summed E-state index contributed by atoms with van der Waals surface area (Å²) < 4.78 is 0. The summed E-state index contributed by atoms with van der Waals surface area (Å²) >= 11 is 14.0. The Morgan fingerprint density at radius 3 is 2.52 bits per heavy atom. The van der Waals surface area contributed by atoms with E-state index in [0.29, 0.717) is 16.1 Å². The zero-order valence-corrected chi connectivity index (χ0v) is 20.0. The normalized spacial score (nSPS) is 24.9. The number of nitrogens with zero attached hydrogens (tertiary/aromatic N) is 2. The Balaban J connectivity index is 1.72. The topological polar surface area (TPSA) is 37.8 Å². The lowest BCUT2D eigenvalue weighted by atomic mass is 9.82. The maximum Gasteiger partial charge on any atom is 0.145 e. The molecule has 1 saturated carbocycles. The zero-order chi connectivity index (χ0) is 21.0. The first-order chi connectivity index (χ1) is 13.9. The lowest BCUT2D eigenvalue weighted by Gasteiger charge is -2.25. The number of aromatic nitrogens is 2. The van der Waals surface area contributed by atoms with Gasteiger partial charge in [-0.1, -0.05) is 74.6 Å². The second-order valence-corrected chi connectivity index (χ2v) is 10.1. The number of benzene rings is 1. The Kier molecular flexibility index (Phi) is 8.12. The Labute approximate surface area is 189 Å². The zero-order valence-electron chi connectivity index (χ0n) is 17.7. The first-order valence-corrected chi connectivity index (χ1v) is 12.2. The van der Waals surface area contributed by atoms with Crippen LogP contribution in [0, 0.1) is 24.7 Å². The van der Waals surface area contributed by atoms with Crippen LogP contribution in [0.2, 0.25) is 10.0 Å². The van der Waals surface area contributed by atoms with E-state index < -0.39 is 0 Å². The number of halogens is 2. The van der Waals surface area contributed by atoms with E-state index in [0.717, 1.165) is 39.2 Å². The van der Waals surface area contributed by atoms with E-state index >= 15 is 0 Å². The number of rotatable bonds is 6. The molecule has 1 N–H and O–H groups in total. The molecule has 1 aliphatic carbocycles. The summed E-state index contributed by atoms with van der Waals surface area (Å²) in [6, 6.07) is 6.10. The fraction of sp³-hybridized carbons (Fsp3) is 0.565. The van der Waals surface area contributed by atoms with E-state index in [2.05, 4.69) is 31.1 Å². The molecule has 4 unspecified atom stereocenters. The van der Waals surface area contributed by atoms with Crippen LogP contribution in [-0.2, 0) is 0 Å². The molecule has 1 aromatic heterocycles. The number of nitrogens with one attached hydrogen (secondary N) is 1. The van der Waals surface area contributed by atoms with Gasteiger partial charge in [0, 0.05) is 10.9 Å². The maximum atomic E-state index is 6.32. The van der Waals surface area contributed by atoms with Gasteiger partial charge in [-0.2, -0.15) is 0 Å². The molecule has 3 nitrogen and oxygen atoms in total. The molecule has 0 aliphatic heterocycles. The molecule has 4 atom stereocenters. The molecule has 158 valence electrons. The van der Waals surface area contributed by atoms with Gasteiger partial charge in [0.2, 0.25) is 0 Å². The third-order valence-electron chi connectivity index (χ3n) is 6.07. The Hall–Kier alpha value is -0.970. The summed E-state index contributed by atoms with van der Waals surface area (Å²) in [5.41, 5.74) is 0.899. The molecular formula is C23H31Cl2N3S. The lowest BCUT2D eigenvalue weighted by Crippen LogP contribution is -2.24. The van der Waals surface area contributed by atoms with Crippen LogP contribution in [0.3, 0.4) is 0 Å². The van der Waals surface area contributed by atoms with Crippen LogP contribution in [0.4, 0.5) is 5.82 Å². The van der Waals surface area contributed by atoms with Crippen molar-refractivity contribution in [2.45, 2.75) is 75.8 Å². The van der Waals surface area contributed by atoms with E-state index in [-0.39, 0.29) is 0 Å². The van der Waals surface area contributed by atoms with Crippen LogP contribution in [0.5, 0.6) is 0 Å². The van der Waals surface area contributed by atoms with E-state index in [1.54, 1.807) is 6.07 Å². The summed E-state index contributed by atoms with van der Waals surface area (Å²) in [5.74, 6) is 3.24. The molecule has 0 bridgehead atoms. The highest BCUT2D eigenvalue weighted by Gasteiger charge is 2.29. The van der Waals surface area contributed by atoms with Crippen molar-refractivity contribution in [3.05, 3.63) is 40.1 Å². The molecule has 0 radical (unpaired) electrons. The average Bonchev–Trinajstić information content (AvgIpc) is 2.84. The SMILES string of the molecule is CCC1CC(C)CC(Nc2cnc(Sc3cccc(Cl)c3Cl)c(C)n2)CC1CC. The van der Waals surface area contributed by atoms with E-state index in [4.69, 9.17) is 28.2 Å². The van der Waals surface area contributed by atoms with E-state index in [1.807, 2.05) is 25.3 Å². The Morgan fingerprint density at radius 2 is 1.83 bits per heavy atom. The van der Waals surface area contributed by atoms with Crippen LogP contribution in [0.1, 0.15) is 58.6 Å². The molecule has 1 aliphatic rings. The summed E-state index contributed by atoms with van der Waals surface area (Å²) in [6.07, 6.45) is 8.14. The highest BCUT2D eigenvalue weighted by atomic mass is 35.5. The van der Waals surface area contributed by atoms with Gasteiger partial charge < -0.3 is 5.32 Å². The summed E-state index contributed by atoms with van der Waals surface area (Å²) in [4.78, 5) is 10.3. The molecule has 0 saturated heterocycles. The standard InChI is InChI=1S/C23H31Cl2N3S/c1-5-16-10-14(3)11-18(12-17(16)6-2)28-21-13-26-23(15(4)27-21)29-20-9-7-8-19(24)22(20)25/h7-9,13-14,16-18H,5-6,10-12H2,1-4H3,(H,27,28). The molecule has 3 rings (SSSR count). The monoisotopic (exact) mass is 451 g/mol. The predicted octanol–water partition coefficient (Wildman–Crippen LogP) is 7.90. The molecule has 1 aromatic carbocycles. The maximum absolute atomic E-state index is 6.32. The molecule has 1 heterocycles. The quantitative estimate of drug-likeness (QED) is 0.452. The Bertz CT molecular complexity index is 830. The van der Waals surface area contributed by atoms with Gasteiger partial charge in [-0.25, -0.2) is 9.97 Å². The van der Waals surface area contributed by atoms with Crippen LogP contribution >= 0.6 is 35.0 Å². The fourth-order valence-corrected chi connectivity index (χ4v) is 5.91. The van der Waals surface area contributed by atoms with Crippen LogP contribution in [0.25, 0.3) is 0 Å². The smallest absolute Gasteiger partial charge is 0.145 e. The van der Waals surface area contributed by atoms with Gasteiger partial charge in [-0.05, 0) is 56.1 Å². The van der Waals surface area contributed by atoms with Crippen molar-refractivity contribution in [2.75, 3.05) is 5.32 Å². The molecule has 6 heteroatoms. The lowest BCUT2D eigenvalue weighted by molar-refractivity contribution is 0.276. The number of anilines is 1. The summed E-state index contributed by atoms with van der Waals surface area (Å²) in [6.45, 7) is 9.06. The van der Waals surface area contributed by atoms with Crippen molar-refractivity contribution in [2.24, 2.45) is 17.8 Å². The minimum absolute atomic E-state index is 0.459. The predicted molar refractivity (Wildman–Crippen MR) is 125 cm³/mol. The third kappa shape index (κ3) is 5.80. The van der Waals surface area contributed by atoms with Crippen molar-refractivity contribution < 1.29 is 0 Å². The first kappa shape index (κ1) is 22.7. The minimum atomic E-state index is 0.459. The molecule has 29 heavy (non-hydrogen) atoms. The molecule has 0 spiro atoms. The van der Waals surface area contributed by atoms with Gasteiger partial charge in [0.15, 0.2) is 0 Å². The van der Waals surface area contributed by atoms with Gasteiger partial charge in [0.1, 0.15) is 10.8 Å². The average molecular weight is 452 g/mol. The van der Waals surface area contributed by atoms with Gasteiger partial charge in [-0.3, -0.25) is 0 Å². The highest BCUT2D eigenvalue weighted by molar-refractivity contribution is 7.99. The van der Waals surface area contributed by atoms with Crippen LogP contribution in [0.15, 0.2) is 34.3 Å². The largest absolute Gasteiger partial charge is 0.366 e. The van der Waals surface area contributed by atoms with Crippen LogP contribution in [-0.4, -0.2) is 16.0 Å². The van der Waals surface area contributed by atoms with Gasteiger partial charge >= 0.3 is 0 Å². The van der Waals surface area contributed by atoms with Crippen molar-refractivity contribution in [1.29, 1.82) is 0 Å². The van der Waals surface area contributed by atoms with Crippen molar-refractivity contribution in [3.63, 3.8) is 0 Å². The summed E-state index contributed by atoms with van der Waals surface area (Å²) in [5, 5.41) is 5.65. The van der Waals surface area contributed by atoms with Gasteiger partial charge in [-0.15, -0.1) is 0 Å². The van der Waals surface area contributed by atoms with Gasteiger partial charge in [0.25, 0.3) is 0 Å². The molecular weight excluding hydrogens is 421 g/mol. The van der Waals surface area contributed by atoms with Crippen LogP contribution < -0.4 is 5.32 Å². The molecule has 2 aromatic rings. The number of aryl methyl sites for hydroxylation is 1. The fourth-order valence-electron chi connectivity index (χ4n) is 4.58. The number of hydrogen-bond donors (Lipinski definition) is 1. The summed E-state index contributed by atoms with van der Waals surface area (Å²) in [7, 11) is 0. The number of hydrogen-bond acceptors (Lipinski definition) is 4. The second-order valence-electron chi connectivity index (χ2n) is 8.29. The van der Waals surface area contributed by atoms with Crippen molar-refractivity contribution in [3.8, 4) is 0 Å². The molecule has 0 amide bonds. The second kappa shape index (κ2) is 10.4. The minimum Gasteiger partial charge on any atom is -0.366 e. The van der Waals surface area contributed by atoms with Crippen molar-refractivity contribution in [1.82, 2.24) is 9.97 Å². The Morgan fingerprint density at radius 1 is 1.10 bits per heavy atom.